The Hall–Kier alpha value is -1.36. The van der Waals surface area contributed by atoms with Gasteiger partial charge in [0.25, 0.3) is 0 Å². The Balaban J connectivity index is 1.96. The molecule has 5 heteroatoms. The number of carboxylic acid groups (broad SMARTS) is 1. The number of fused-ring (bicyclic) bond motifs is 1. The van der Waals surface area contributed by atoms with Gasteiger partial charge in [0.15, 0.2) is 0 Å². The van der Waals surface area contributed by atoms with Gasteiger partial charge in [0.2, 0.25) is 5.91 Å². The van der Waals surface area contributed by atoms with Crippen LogP contribution in [-0.4, -0.2) is 27.9 Å². The van der Waals surface area contributed by atoms with E-state index in [4.69, 9.17) is 0 Å². The highest BCUT2D eigenvalue weighted by Crippen LogP contribution is 2.35. The van der Waals surface area contributed by atoms with Crippen molar-refractivity contribution >= 4 is 27.8 Å². The number of amides is 1. The van der Waals surface area contributed by atoms with E-state index in [2.05, 4.69) is 15.9 Å². The van der Waals surface area contributed by atoms with E-state index in [1.165, 1.54) is 4.90 Å². The Morgan fingerprint density at radius 3 is 2.68 bits per heavy atom. The van der Waals surface area contributed by atoms with Crippen LogP contribution in [0.2, 0.25) is 0 Å². The Labute approximate surface area is 119 Å². The molecule has 100 valence electrons. The molecular formula is C14H14BrNO3. The van der Waals surface area contributed by atoms with E-state index in [0.29, 0.717) is 13.0 Å². The van der Waals surface area contributed by atoms with Crippen LogP contribution in [0.1, 0.15) is 24.0 Å². The molecule has 1 fully saturated rings. The Morgan fingerprint density at radius 1 is 1.32 bits per heavy atom. The monoisotopic (exact) mass is 323 g/mol. The molecule has 2 aliphatic rings. The summed E-state index contributed by atoms with van der Waals surface area (Å²) in [6.07, 6.45) is 2.17. The van der Waals surface area contributed by atoms with Crippen molar-refractivity contribution in [3.05, 3.63) is 33.8 Å². The van der Waals surface area contributed by atoms with Crippen molar-refractivity contribution < 1.29 is 14.7 Å². The molecule has 1 aromatic rings. The topological polar surface area (TPSA) is 57.6 Å². The molecule has 1 aromatic carbocycles. The van der Waals surface area contributed by atoms with E-state index in [9.17, 15) is 14.7 Å². The van der Waals surface area contributed by atoms with Crippen molar-refractivity contribution in [3.8, 4) is 0 Å². The van der Waals surface area contributed by atoms with Gasteiger partial charge in [-0.1, -0.05) is 28.1 Å². The molecule has 1 saturated carbocycles. The molecule has 0 aromatic heterocycles. The van der Waals surface area contributed by atoms with Crippen LogP contribution in [0.15, 0.2) is 22.7 Å². The lowest BCUT2D eigenvalue weighted by Gasteiger charge is -2.35. The van der Waals surface area contributed by atoms with Crippen LogP contribution in [-0.2, 0) is 22.6 Å². The van der Waals surface area contributed by atoms with Crippen molar-refractivity contribution in [1.82, 2.24) is 4.90 Å². The minimum Gasteiger partial charge on any atom is -0.480 e. The Morgan fingerprint density at radius 2 is 2.05 bits per heavy atom. The first kappa shape index (κ1) is 12.7. The van der Waals surface area contributed by atoms with Crippen LogP contribution < -0.4 is 0 Å². The summed E-state index contributed by atoms with van der Waals surface area (Å²) in [4.78, 5) is 25.2. The third-order valence-electron chi connectivity index (χ3n) is 3.82. The molecule has 0 saturated heterocycles. The number of hydrogen-bond acceptors (Lipinski definition) is 2. The molecule has 0 bridgehead atoms. The van der Waals surface area contributed by atoms with Gasteiger partial charge in [-0.3, -0.25) is 4.79 Å². The third kappa shape index (κ3) is 2.27. The summed E-state index contributed by atoms with van der Waals surface area (Å²) >= 11 is 3.46. The Bertz CT molecular complexity index is 554. The van der Waals surface area contributed by atoms with E-state index < -0.39 is 12.0 Å². The number of benzene rings is 1. The fourth-order valence-electron chi connectivity index (χ4n) is 2.59. The van der Waals surface area contributed by atoms with Gasteiger partial charge in [-0.05, 0) is 30.0 Å². The molecule has 1 aliphatic carbocycles. The highest BCUT2D eigenvalue weighted by Gasteiger charge is 2.41. The maximum Gasteiger partial charge on any atom is 0.326 e. The first-order valence-electron chi connectivity index (χ1n) is 6.37. The minimum atomic E-state index is -0.921. The SMILES string of the molecule is O=C(O)C1Cc2c(Br)cccc2CN1C(=O)C1CC1. The largest absolute Gasteiger partial charge is 0.480 e. The smallest absolute Gasteiger partial charge is 0.326 e. The van der Waals surface area contributed by atoms with Gasteiger partial charge in [0.1, 0.15) is 6.04 Å². The zero-order valence-electron chi connectivity index (χ0n) is 10.3. The molecule has 1 aliphatic heterocycles. The summed E-state index contributed by atoms with van der Waals surface area (Å²) < 4.78 is 0.926. The zero-order valence-corrected chi connectivity index (χ0v) is 11.9. The van der Waals surface area contributed by atoms with Gasteiger partial charge >= 0.3 is 5.97 Å². The van der Waals surface area contributed by atoms with Gasteiger partial charge in [-0.25, -0.2) is 4.79 Å². The zero-order chi connectivity index (χ0) is 13.6. The number of carbonyl (C=O) groups excluding carboxylic acids is 1. The van der Waals surface area contributed by atoms with E-state index in [1.807, 2.05) is 18.2 Å². The predicted octanol–water partition coefficient (Wildman–Crippen LogP) is 2.20. The second-order valence-electron chi connectivity index (χ2n) is 5.18. The molecule has 1 heterocycles. The van der Waals surface area contributed by atoms with Crippen LogP contribution in [0.5, 0.6) is 0 Å². The fourth-order valence-corrected chi connectivity index (χ4v) is 3.16. The summed E-state index contributed by atoms with van der Waals surface area (Å²) in [6, 6.07) is 5.06. The van der Waals surface area contributed by atoms with E-state index in [1.54, 1.807) is 0 Å². The standard InChI is InChI=1S/C14H14BrNO3/c15-11-3-1-2-9-7-16(13(17)8-4-5-8)12(14(18)19)6-10(9)11/h1-3,8,12H,4-7H2,(H,18,19). The highest BCUT2D eigenvalue weighted by molar-refractivity contribution is 9.10. The first-order valence-corrected chi connectivity index (χ1v) is 7.17. The lowest BCUT2D eigenvalue weighted by molar-refractivity contribution is -0.152. The van der Waals surface area contributed by atoms with Gasteiger partial charge in [-0.15, -0.1) is 0 Å². The Kier molecular flexibility index (Phi) is 3.09. The molecule has 0 spiro atoms. The van der Waals surface area contributed by atoms with E-state index >= 15 is 0 Å². The van der Waals surface area contributed by atoms with E-state index in [-0.39, 0.29) is 11.8 Å². The quantitative estimate of drug-likeness (QED) is 0.907. The number of carboxylic acids is 1. The van der Waals surface area contributed by atoms with Crippen molar-refractivity contribution in [2.24, 2.45) is 5.92 Å². The molecule has 1 N–H and O–H groups in total. The van der Waals surface area contributed by atoms with Crippen molar-refractivity contribution in [1.29, 1.82) is 0 Å². The highest BCUT2D eigenvalue weighted by atomic mass is 79.9. The number of nitrogens with zero attached hydrogens (tertiary/aromatic N) is 1. The van der Waals surface area contributed by atoms with Gasteiger partial charge in [0.05, 0.1) is 0 Å². The van der Waals surface area contributed by atoms with Crippen LogP contribution in [0.4, 0.5) is 0 Å². The number of halogens is 1. The lowest BCUT2D eigenvalue weighted by atomic mass is 9.93. The maximum atomic E-state index is 12.2. The summed E-state index contributed by atoms with van der Waals surface area (Å²) in [5, 5.41) is 9.37. The van der Waals surface area contributed by atoms with E-state index in [0.717, 1.165) is 28.4 Å². The number of rotatable bonds is 2. The minimum absolute atomic E-state index is 0.00183. The predicted molar refractivity (Wildman–Crippen MR) is 72.5 cm³/mol. The molecule has 4 nitrogen and oxygen atoms in total. The molecule has 0 radical (unpaired) electrons. The van der Waals surface area contributed by atoms with Crippen LogP contribution in [0.25, 0.3) is 0 Å². The van der Waals surface area contributed by atoms with Gasteiger partial charge in [0, 0.05) is 23.4 Å². The van der Waals surface area contributed by atoms with Crippen molar-refractivity contribution in [2.45, 2.75) is 31.8 Å². The second-order valence-corrected chi connectivity index (χ2v) is 6.03. The number of carbonyl (C=O) groups is 2. The second kappa shape index (κ2) is 4.63. The summed E-state index contributed by atoms with van der Waals surface area (Å²) in [5.41, 5.74) is 2.05. The van der Waals surface area contributed by atoms with Gasteiger partial charge in [-0.2, -0.15) is 0 Å². The molecule has 1 amide bonds. The summed E-state index contributed by atoms with van der Waals surface area (Å²) in [7, 11) is 0. The number of aliphatic carboxylic acids is 1. The van der Waals surface area contributed by atoms with Gasteiger partial charge < -0.3 is 10.0 Å². The average molecular weight is 324 g/mol. The van der Waals surface area contributed by atoms with Crippen molar-refractivity contribution in [3.63, 3.8) is 0 Å². The molecular weight excluding hydrogens is 310 g/mol. The normalized spacial score (nSPS) is 21.9. The third-order valence-corrected chi connectivity index (χ3v) is 4.57. The van der Waals surface area contributed by atoms with Crippen molar-refractivity contribution in [2.75, 3.05) is 0 Å². The lowest BCUT2D eigenvalue weighted by Crippen LogP contribution is -2.49. The summed E-state index contributed by atoms with van der Waals surface area (Å²) in [5.74, 6) is -0.871. The van der Waals surface area contributed by atoms with Crippen LogP contribution >= 0.6 is 15.9 Å². The first-order chi connectivity index (χ1) is 9.08. The van der Waals surface area contributed by atoms with Crippen LogP contribution in [0, 0.1) is 5.92 Å². The fraction of sp³-hybridized carbons (Fsp3) is 0.429. The number of hydrogen-bond donors (Lipinski definition) is 1. The molecule has 1 unspecified atom stereocenters. The maximum absolute atomic E-state index is 12.2. The molecule has 1 atom stereocenters. The molecule has 3 rings (SSSR count). The van der Waals surface area contributed by atoms with Crippen LogP contribution in [0.3, 0.4) is 0 Å². The summed E-state index contributed by atoms with van der Waals surface area (Å²) in [6.45, 7) is 0.404. The average Bonchev–Trinajstić information content (AvgIpc) is 3.21. The molecule has 19 heavy (non-hydrogen) atoms.